The molecule has 4 nitrogen and oxygen atoms in total. The molecule has 0 radical (unpaired) electrons. The number of carbonyl (C=O) groups is 1. The van der Waals surface area contributed by atoms with E-state index < -0.39 is 9.84 Å². The van der Waals surface area contributed by atoms with Crippen molar-refractivity contribution in [3.05, 3.63) is 29.8 Å². The highest BCUT2D eigenvalue weighted by atomic mass is 32.2. The molecule has 0 aromatic heterocycles. The molecular formula is C18H23NO3S. The van der Waals surface area contributed by atoms with Crippen molar-refractivity contribution in [1.82, 2.24) is 5.32 Å². The van der Waals surface area contributed by atoms with Gasteiger partial charge in [0.2, 0.25) is 0 Å². The zero-order chi connectivity index (χ0) is 16.2. The molecule has 1 N–H and O–H groups in total. The Kier molecular flexibility index (Phi) is 3.34. The number of amides is 1. The first kappa shape index (κ1) is 15.2. The Hall–Kier alpha value is -1.36. The normalized spacial score (nSPS) is 35.3. The lowest BCUT2D eigenvalue weighted by atomic mass is 9.53. The van der Waals surface area contributed by atoms with Crippen molar-refractivity contribution in [2.24, 2.45) is 17.8 Å². The van der Waals surface area contributed by atoms with Crippen molar-refractivity contribution in [2.75, 3.05) is 6.26 Å². The second-order valence-electron chi connectivity index (χ2n) is 7.92. The van der Waals surface area contributed by atoms with Gasteiger partial charge in [-0.25, -0.2) is 8.42 Å². The Bertz CT molecular complexity index is 718. The van der Waals surface area contributed by atoms with Crippen molar-refractivity contribution in [3.8, 4) is 0 Å². The van der Waals surface area contributed by atoms with Crippen molar-refractivity contribution >= 4 is 15.7 Å². The summed E-state index contributed by atoms with van der Waals surface area (Å²) in [5.74, 6) is 2.00. The lowest BCUT2D eigenvalue weighted by molar-refractivity contribution is -0.0167. The molecule has 124 valence electrons. The van der Waals surface area contributed by atoms with Crippen molar-refractivity contribution in [3.63, 3.8) is 0 Å². The fraction of sp³-hybridized carbons (Fsp3) is 0.611. The molecule has 4 bridgehead atoms. The molecule has 4 aliphatic carbocycles. The van der Waals surface area contributed by atoms with E-state index in [0.717, 1.165) is 43.3 Å². The van der Waals surface area contributed by atoms with Gasteiger partial charge < -0.3 is 5.32 Å². The smallest absolute Gasteiger partial charge is 0.253 e. The standard InChI is InChI=1S/C18H23NO3S/c1-23(21,22)16-5-3-2-4-15(16)17(20)19-18-9-12-6-13(10-18)8-14(7-12)11-18/h2-5,12-14H,6-11H2,1H3,(H,19,20). The van der Waals surface area contributed by atoms with E-state index in [1.807, 2.05) is 0 Å². The average Bonchev–Trinajstić information content (AvgIpc) is 2.44. The monoisotopic (exact) mass is 333 g/mol. The van der Waals surface area contributed by atoms with Crippen LogP contribution in [0.5, 0.6) is 0 Å². The third kappa shape index (κ3) is 2.69. The van der Waals surface area contributed by atoms with Crippen LogP contribution in [0.25, 0.3) is 0 Å². The van der Waals surface area contributed by atoms with Crippen molar-refractivity contribution in [2.45, 2.75) is 49.0 Å². The summed E-state index contributed by atoms with van der Waals surface area (Å²) >= 11 is 0. The van der Waals surface area contributed by atoms with Gasteiger partial charge >= 0.3 is 0 Å². The maximum atomic E-state index is 12.8. The van der Waals surface area contributed by atoms with Crippen LogP contribution in [-0.2, 0) is 9.84 Å². The van der Waals surface area contributed by atoms with Crippen molar-refractivity contribution < 1.29 is 13.2 Å². The van der Waals surface area contributed by atoms with Gasteiger partial charge in [0, 0.05) is 11.8 Å². The largest absolute Gasteiger partial charge is 0.347 e. The van der Waals surface area contributed by atoms with E-state index in [2.05, 4.69) is 5.32 Å². The second-order valence-corrected chi connectivity index (χ2v) is 9.90. The number of benzene rings is 1. The van der Waals surface area contributed by atoms with Gasteiger partial charge in [0.25, 0.3) is 5.91 Å². The van der Waals surface area contributed by atoms with E-state index in [-0.39, 0.29) is 21.9 Å². The molecular weight excluding hydrogens is 310 g/mol. The summed E-state index contributed by atoms with van der Waals surface area (Å²) in [7, 11) is -3.41. The minimum absolute atomic E-state index is 0.101. The summed E-state index contributed by atoms with van der Waals surface area (Å²) in [6.45, 7) is 0. The summed E-state index contributed by atoms with van der Waals surface area (Å²) in [4.78, 5) is 12.9. The van der Waals surface area contributed by atoms with E-state index in [0.29, 0.717) is 0 Å². The molecule has 0 spiro atoms. The van der Waals surface area contributed by atoms with E-state index in [1.54, 1.807) is 18.2 Å². The maximum absolute atomic E-state index is 12.8. The summed E-state index contributed by atoms with van der Waals surface area (Å²) in [6, 6.07) is 6.53. The van der Waals surface area contributed by atoms with Crippen LogP contribution < -0.4 is 5.32 Å². The number of hydrogen-bond acceptors (Lipinski definition) is 3. The molecule has 0 atom stereocenters. The molecule has 23 heavy (non-hydrogen) atoms. The molecule has 4 saturated carbocycles. The fourth-order valence-corrected chi connectivity index (χ4v) is 6.44. The number of sulfone groups is 1. The molecule has 4 fully saturated rings. The SMILES string of the molecule is CS(=O)(=O)c1ccccc1C(=O)NC12CC3CC(CC(C3)C1)C2. The van der Waals surface area contributed by atoms with Gasteiger partial charge in [-0.05, 0) is 68.4 Å². The van der Waals surface area contributed by atoms with E-state index in [4.69, 9.17) is 0 Å². The first-order chi connectivity index (χ1) is 10.8. The van der Waals surface area contributed by atoms with Crippen LogP contribution >= 0.6 is 0 Å². The second kappa shape index (κ2) is 5.07. The van der Waals surface area contributed by atoms with Gasteiger partial charge in [0.1, 0.15) is 0 Å². The van der Waals surface area contributed by atoms with Gasteiger partial charge in [-0.3, -0.25) is 4.79 Å². The van der Waals surface area contributed by atoms with Crippen LogP contribution in [0.4, 0.5) is 0 Å². The summed E-state index contributed by atoms with van der Waals surface area (Å²) in [6.07, 6.45) is 8.28. The number of hydrogen-bond donors (Lipinski definition) is 1. The summed E-state index contributed by atoms with van der Waals surface area (Å²) in [5.41, 5.74) is 0.182. The lowest BCUT2D eigenvalue weighted by Gasteiger charge is -2.56. The third-order valence-electron chi connectivity index (χ3n) is 5.95. The Morgan fingerprint density at radius 3 is 2.09 bits per heavy atom. The Morgan fingerprint density at radius 1 is 1.04 bits per heavy atom. The zero-order valence-electron chi connectivity index (χ0n) is 13.4. The first-order valence-corrected chi connectivity index (χ1v) is 10.4. The molecule has 4 aliphatic rings. The number of nitrogens with one attached hydrogen (secondary N) is 1. The van der Waals surface area contributed by atoms with Crippen LogP contribution in [-0.4, -0.2) is 26.1 Å². The molecule has 0 unspecified atom stereocenters. The van der Waals surface area contributed by atoms with Crippen molar-refractivity contribution in [1.29, 1.82) is 0 Å². The molecule has 1 aromatic rings. The topological polar surface area (TPSA) is 63.2 Å². The number of rotatable bonds is 3. The molecule has 0 saturated heterocycles. The lowest BCUT2D eigenvalue weighted by Crippen LogP contribution is -2.59. The van der Waals surface area contributed by atoms with Gasteiger partial charge in [0.15, 0.2) is 9.84 Å². The average molecular weight is 333 g/mol. The first-order valence-electron chi connectivity index (χ1n) is 8.46. The van der Waals surface area contributed by atoms with E-state index >= 15 is 0 Å². The molecule has 0 aliphatic heterocycles. The highest BCUT2D eigenvalue weighted by Gasteiger charge is 2.51. The van der Waals surface area contributed by atoms with Gasteiger partial charge in [-0.2, -0.15) is 0 Å². The minimum atomic E-state index is -3.41. The van der Waals surface area contributed by atoms with E-state index in [9.17, 15) is 13.2 Å². The van der Waals surface area contributed by atoms with E-state index in [1.165, 1.54) is 25.3 Å². The molecule has 5 heteroatoms. The van der Waals surface area contributed by atoms with Gasteiger partial charge in [-0.1, -0.05) is 12.1 Å². The summed E-state index contributed by atoms with van der Waals surface area (Å²) in [5, 5.41) is 3.25. The van der Waals surface area contributed by atoms with Crippen LogP contribution in [0, 0.1) is 17.8 Å². The highest BCUT2D eigenvalue weighted by molar-refractivity contribution is 7.90. The quantitative estimate of drug-likeness (QED) is 0.925. The van der Waals surface area contributed by atoms with Crippen LogP contribution in [0.1, 0.15) is 48.9 Å². The zero-order valence-corrected chi connectivity index (χ0v) is 14.2. The van der Waals surface area contributed by atoms with Gasteiger partial charge in [0.05, 0.1) is 10.5 Å². The minimum Gasteiger partial charge on any atom is -0.347 e. The molecule has 1 amide bonds. The predicted octanol–water partition coefficient (Wildman–Crippen LogP) is 2.79. The highest BCUT2D eigenvalue weighted by Crippen LogP contribution is 2.55. The third-order valence-corrected chi connectivity index (χ3v) is 7.10. The van der Waals surface area contributed by atoms with Crippen LogP contribution in [0.3, 0.4) is 0 Å². The van der Waals surface area contributed by atoms with Crippen LogP contribution in [0.15, 0.2) is 29.2 Å². The Labute approximate surface area is 137 Å². The van der Waals surface area contributed by atoms with Gasteiger partial charge in [-0.15, -0.1) is 0 Å². The Balaban J connectivity index is 1.62. The predicted molar refractivity (Wildman–Crippen MR) is 87.9 cm³/mol. The number of carbonyl (C=O) groups excluding carboxylic acids is 1. The van der Waals surface area contributed by atoms with Crippen LogP contribution in [0.2, 0.25) is 0 Å². The summed E-state index contributed by atoms with van der Waals surface area (Å²) < 4.78 is 23.9. The molecule has 5 rings (SSSR count). The molecule has 1 aromatic carbocycles. The fourth-order valence-electron chi connectivity index (χ4n) is 5.55. The molecule has 0 heterocycles. The Morgan fingerprint density at radius 2 is 1.57 bits per heavy atom. The maximum Gasteiger partial charge on any atom is 0.253 e.